The summed E-state index contributed by atoms with van der Waals surface area (Å²) in [6.45, 7) is 11.6. The Bertz CT molecular complexity index is 820. The number of amides is 1. The Labute approximate surface area is 166 Å². The van der Waals surface area contributed by atoms with E-state index in [0.29, 0.717) is 35.5 Å². The van der Waals surface area contributed by atoms with Crippen LogP contribution in [0.3, 0.4) is 0 Å². The monoisotopic (exact) mass is 386 g/mol. The molecule has 1 heterocycles. The first-order chi connectivity index (χ1) is 13.2. The first kappa shape index (κ1) is 21.5. The Kier molecular flexibility index (Phi) is 7.26. The molecule has 0 bridgehead atoms. The molecule has 0 fully saturated rings. The second-order valence-electron chi connectivity index (χ2n) is 7.40. The predicted octanol–water partition coefficient (Wildman–Crippen LogP) is 3.96. The van der Waals surface area contributed by atoms with E-state index in [0.717, 1.165) is 11.3 Å². The first-order valence-corrected chi connectivity index (χ1v) is 9.63. The van der Waals surface area contributed by atoms with E-state index in [9.17, 15) is 9.59 Å². The molecule has 0 saturated carbocycles. The molecule has 0 aliphatic rings. The van der Waals surface area contributed by atoms with Gasteiger partial charge in [-0.3, -0.25) is 4.79 Å². The molecule has 0 spiro atoms. The number of H-pyrrole nitrogens is 1. The highest BCUT2D eigenvalue weighted by Crippen LogP contribution is 2.20. The maximum Gasteiger partial charge on any atom is 0.340 e. The van der Waals surface area contributed by atoms with E-state index in [-0.39, 0.29) is 18.1 Å². The van der Waals surface area contributed by atoms with E-state index in [1.807, 2.05) is 38.1 Å². The number of benzene rings is 1. The number of carbonyl (C=O) groups excluding carboxylic acids is 2. The molecule has 6 nitrogen and oxygen atoms in total. The highest BCUT2D eigenvalue weighted by atomic mass is 16.5. The fourth-order valence-electron chi connectivity index (χ4n) is 2.97. The number of esters is 1. The number of carbonyl (C=O) groups is 2. The minimum Gasteiger partial charge on any atom is -0.491 e. The molecule has 1 aromatic heterocycles. The highest BCUT2D eigenvalue weighted by molar-refractivity contribution is 6.00. The Hall–Kier alpha value is -2.76. The number of aromatic nitrogens is 1. The van der Waals surface area contributed by atoms with Crippen molar-refractivity contribution in [1.29, 1.82) is 0 Å². The summed E-state index contributed by atoms with van der Waals surface area (Å²) >= 11 is 0. The molecule has 2 aromatic rings. The van der Waals surface area contributed by atoms with Gasteiger partial charge in [0.1, 0.15) is 11.4 Å². The SMILES string of the molecule is Cc1[nH]c(C(=O)NCCc2ccc(OC(C)C)cc2)c(C)c1C(=O)OC(C)C. The Morgan fingerprint density at radius 2 is 1.68 bits per heavy atom. The second-order valence-corrected chi connectivity index (χ2v) is 7.40. The minimum absolute atomic E-state index is 0.139. The van der Waals surface area contributed by atoms with Gasteiger partial charge in [0, 0.05) is 12.2 Å². The van der Waals surface area contributed by atoms with Crippen molar-refractivity contribution in [3.05, 3.63) is 52.3 Å². The molecule has 0 aliphatic heterocycles. The van der Waals surface area contributed by atoms with Crippen LogP contribution >= 0.6 is 0 Å². The largest absolute Gasteiger partial charge is 0.491 e. The van der Waals surface area contributed by atoms with Gasteiger partial charge < -0.3 is 19.8 Å². The van der Waals surface area contributed by atoms with Gasteiger partial charge in [0.15, 0.2) is 0 Å². The summed E-state index contributed by atoms with van der Waals surface area (Å²) in [5.74, 6) is 0.189. The van der Waals surface area contributed by atoms with Crippen molar-refractivity contribution in [2.75, 3.05) is 6.54 Å². The van der Waals surface area contributed by atoms with E-state index >= 15 is 0 Å². The van der Waals surface area contributed by atoms with Crippen molar-refractivity contribution in [2.45, 2.75) is 60.2 Å². The fourth-order valence-corrected chi connectivity index (χ4v) is 2.97. The molecule has 2 rings (SSSR count). The maximum absolute atomic E-state index is 12.5. The summed E-state index contributed by atoms with van der Waals surface area (Å²) in [5, 5.41) is 2.90. The summed E-state index contributed by atoms with van der Waals surface area (Å²) in [6.07, 6.45) is 0.630. The van der Waals surface area contributed by atoms with Crippen LogP contribution in [-0.4, -0.2) is 35.6 Å². The molecule has 1 aromatic carbocycles. The average molecular weight is 386 g/mol. The van der Waals surface area contributed by atoms with Crippen LogP contribution in [0.25, 0.3) is 0 Å². The number of rotatable bonds is 8. The zero-order valence-electron chi connectivity index (χ0n) is 17.5. The van der Waals surface area contributed by atoms with Gasteiger partial charge in [-0.15, -0.1) is 0 Å². The number of aromatic amines is 1. The number of nitrogens with one attached hydrogen (secondary N) is 2. The van der Waals surface area contributed by atoms with Gasteiger partial charge in [-0.05, 0) is 71.2 Å². The normalized spacial score (nSPS) is 11.0. The Balaban J connectivity index is 1.95. The molecule has 152 valence electrons. The lowest BCUT2D eigenvalue weighted by molar-refractivity contribution is 0.0376. The van der Waals surface area contributed by atoms with Crippen molar-refractivity contribution in [2.24, 2.45) is 0 Å². The fraction of sp³-hybridized carbons (Fsp3) is 0.455. The zero-order chi connectivity index (χ0) is 20.8. The predicted molar refractivity (Wildman–Crippen MR) is 109 cm³/mol. The molecule has 2 N–H and O–H groups in total. The van der Waals surface area contributed by atoms with Crippen LogP contribution in [0, 0.1) is 13.8 Å². The molecule has 0 unspecified atom stereocenters. The van der Waals surface area contributed by atoms with Crippen molar-refractivity contribution in [1.82, 2.24) is 10.3 Å². The molecule has 0 aliphatic carbocycles. The Morgan fingerprint density at radius 3 is 2.25 bits per heavy atom. The molecular weight excluding hydrogens is 356 g/mol. The number of hydrogen-bond acceptors (Lipinski definition) is 4. The lowest BCUT2D eigenvalue weighted by atomic mass is 10.1. The van der Waals surface area contributed by atoms with Crippen LogP contribution in [0.15, 0.2) is 24.3 Å². The van der Waals surface area contributed by atoms with Gasteiger partial charge in [-0.1, -0.05) is 12.1 Å². The maximum atomic E-state index is 12.5. The van der Waals surface area contributed by atoms with E-state index in [4.69, 9.17) is 9.47 Å². The van der Waals surface area contributed by atoms with Gasteiger partial charge >= 0.3 is 5.97 Å². The first-order valence-electron chi connectivity index (χ1n) is 9.63. The van der Waals surface area contributed by atoms with Crippen LogP contribution in [0.4, 0.5) is 0 Å². The summed E-state index contributed by atoms with van der Waals surface area (Å²) in [4.78, 5) is 27.8. The van der Waals surface area contributed by atoms with Crippen LogP contribution in [0.2, 0.25) is 0 Å². The lowest BCUT2D eigenvalue weighted by Crippen LogP contribution is -2.26. The molecule has 0 radical (unpaired) electrons. The van der Waals surface area contributed by atoms with Gasteiger partial charge in [0.25, 0.3) is 5.91 Å². The third-order valence-corrected chi connectivity index (χ3v) is 4.21. The van der Waals surface area contributed by atoms with Gasteiger partial charge in [-0.25, -0.2) is 4.79 Å². The van der Waals surface area contributed by atoms with Crippen molar-refractivity contribution in [3.8, 4) is 5.75 Å². The summed E-state index contributed by atoms with van der Waals surface area (Å²) < 4.78 is 10.9. The van der Waals surface area contributed by atoms with E-state index in [2.05, 4.69) is 10.3 Å². The third-order valence-electron chi connectivity index (χ3n) is 4.21. The number of ether oxygens (including phenoxy) is 2. The summed E-state index contributed by atoms with van der Waals surface area (Å²) in [5.41, 5.74) is 3.18. The minimum atomic E-state index is -0.413. The van der Waals surface area contributed by atoms with Gasteiger partial charge in [0.2, 0.25) is 0 Å². The van der Waals surface area contributed by atoms with E-state index in [1.54, 1.807) is 27.7 Å². The lowest BCUT2D eigenvalue weighted by Gasteiger charge is -2.10. The molecule has 28 heavy (non-hydrogen) atoms. The van der Waals surface area contributed by atoms with Crippen molar-refractivity contribution in [3.63, 3.8) is 0 Å². The van der Waals surface area contributed by atoms with Crippen molar-refractivity contribution >= 4 is 11.9 Å². The van der Waals surface area contributed by atoms with Crippen molar-refractivity contribution < 1.29 is 19.1 Å². The topological polar surface area (TPSA) is 80.4 Å². The third kappa shape index (κ3) is 5.62. The van der Waals surface area contributed by atoms with Crippen LogP contribution in [-0.2, 0) is 11.2 Å². The van der Waals surface area contributed by atoms with Gasteiger partial charge in [-0.2, -0.15) is 0 Å². The smallest absolute Gasteiger partial charge is 0.340 e. The van der Waals surface area contributed by atoms with Crippen LogP contribution in [0.5, 0.6) is 5.75 Å². The zero-order valence-corrected chi connectivity index (χ0v) is 17.5. The molecule has 0 atom stereocenters. The summed E-state index contributed by atoms with van der Waals surface area (Å²) in [6, 6.07) is 7.85. The van der Waals surface area contributed by atoms with Crippen LogP contribution < -0.4 is 10.1 Å². The second kappa shape index (κ2) is 9.44. The number of hydrogen-bond donors (Lipinski definition) is 2. The average Bonchev–Trinajstić information content (AvgIpc) is 2.90. The molecular formula is C22H30N2O4. The van der Waals surface area contributed by atoms with E-state index in [1.165, 1.54) is 0 Å². The highest BCUT2D eigenvalue weighted by Gasteiger charge is 2.23. The number of aryl methyl sites for hydroxylation is 1. The van der Waals surface area contributed by atoms with E-state index < -0.39 is 5.97 Å². The summed E-state index contributed by atoms with van der Waals surface area (Å²) in [7, 11) is 0. The molecule has 1 amide bonds. The quantitative estimate of drug-likeness (QED) is 0.673. The van der Waals surface area contributed by atoms with Crippen LogP contribution in [0.1, 0.15) is 65.4 Å². The molecule has 6 heteroatoms. The Morgan fingerprint density at radius 1 is 1.04 bits per heavy atom. The van der Waals surface area contributed by atoms with Gasteiger partial charge in [0.05, 0.1) is 17.8 Å². The molecule has 0 saturated heterocycles. The standard InChI is InChI=1S/C22H30N2O4/c1-13(2)27-18-9-7-17(8-10-18)11-12-23-21(25)20-15(5)19(16(6)24-20)22(26)28-14(3)4/h7-10,13-14,24H,11-12H2,1-6H3,(H,23,25).